The number of nitrogens with one attached hydrogen (secondary N) is 2. The summed E-state index contributed by atoms with van der Waals surface area (Å²) >= 11 is 0. The van der Waals surface area contributed by atoms with Gasteiger partial charge in [0, 0.05) is 19.6 Å². The van der Waals surface area contributed by atoms with E-state index in [2.05, 4.69) is 10.6 Å². The summed E-state index contributed by atoms with van der Waals surface area (Å²) in [5.74, 6) is -1.16. The Morgan fingerprint density at radius 1 is 1.25 bits per heavy atom. The van der Waals surface area contributed by atoms with Gasteiger partial charge in [0.1, 0.15) is 6.04 Å². The number of benzene rings is 1. The van der Waals surface area contributed by atoms with Crippen molar-refractivity contribution < 1.29 is 19.8 Å². The van der Waals surface area contributed by atoms with Crippen molar-refractivity contribution >= 4 is 12.0 Å². The first-order chi connectivity index (χ1) is 9.58. The van der Waals surface area contributed by atoms with Crippen LogP contribution in [0.2, 0.25) is 0 Å². The minimum atomic E-state index is -1.16. The minimum absolute atomic E-state index is 0.0195. The number of carboxylic acid groups (broad SMARTS) is 1. The smallest absolute Gasteiger partial charge is 0.326 e. The van der Waals surface area contributed by atoms with Crippen molar-refractivity contribution in [2.75, 3.05) is 6.61 Å². The average molecular weight is 280 g/mol. The average Bonchev–Trinajstić information content (AvgIpc) is 2.44. The van der Waals surface area contributed by atoms with Crippen LogP contribution in [0.3, 0.4) is 0 Å². The van der Waals surface area contributed by atoms with E-state index in [1.165, 1.54) is 0 Å². The molecule has 1 aromatic rings. The number of carbonyl (C=O) groups excluding carboxylic acids is 1. The molecule has 20 heavy (non-hydrogen) atoms. The maximum absolute atomic E-state index is 11.6. The van der Waals surface area contributed by atoms with Gasteiger partial charge in [0.25, 0.3) is 0 Å². The zero-order valence-electron chi connectivity index (χ0n) is 11.4. The first-order valence-electron chi connectivity index (χ1n) is 6.53. The molecule has 6 nitrogen and oxygen atoms in total. The van der Waals surface area contributed by atoms with Gasteiger partial charge < -0.3 is 20.8 Å². The Morgan fingerprint density at radius 3 is 2.45 bits per heavy atom. The molecule has 110 valence electrons. The van der Waals surface area contributed by atoms with Gasteiger partial charge in [0.2, 0.25) is 0 Å². The monoisotopic (exact) mass is 280 g/mol. The summed E-state index contributed by atoms with van der Waals surface area (Å²) in [7, 11) is 0. The zero-order chi connectivity index (χ0) is 15.0. The van der Waals surface area contributed by atoms with Gasteiger partial charge in [0.15, 0.2) is 0 Å². The molecule has 1 rings (SSSR count). The van der Waals surface area contributed by atoms with Gasteiger partial charge in [-0.1, -0.05) is 31.2 Å². The molecule has 0 saturated heterocycles. The summed E-state index contributed by atoms with van der Waals surface area (Å²) in [5, 5.41) is 22.5. The summed E-state index contributed by atoms with van der Waals surface area (Å²) in [6.07, 6.45) is 0.843. The van der Waals surface area contributed by atoms with E-state index < -0.39 is 18.0 Å². The van der Waals surface area contributed by atoms with Crippen LogP contribution in [-0.4, -0.2) is 34.9 Å². The second-order valence-corrected chi connectivity index (χ2v) is 4.35. The second kappa shape index (κ2) is 8.16. The van der Waals surface area contributed by atoms with Crippen LogP contribution < -0.4 is 10.6 Å². The number of aliphatic hydroxyl groups excluding tert-OH is 1. The summed E-state index contributed by atoms with van der Waals surface area (Å²) in [4.78, 5) is 22.5. The maximum Gasteiger partial charge on any atom is 0.326 e. The van der Waals surface area contributed by atoms with Crippen molar-refractivity contribution in [3.8, 4) is 0 Å². The number of rotatable bonds is 7. The van der Waals surface area contributed by atoms with E-state index in [9.17, 15) is 9.59 Å². The highest BCUT2D eigenvalue weighted by Crippen LogP contribution is 2.08. The molecule has 4 N–H and O–H groups in total. The molecule has 0 aliphatic carbocycles. The van der Waals surface area contributed by atoms with Crippen LogP contribution in [0, 0.1) is 0 Å². The lowest BCUT2D eigenvalue weighted by molar-refractivity contribution is -0.139. The number of aliphatic hydroxyl groups is 1. The van der Waals surface area contributed by atoms with Crippen molar-refractivity contribution in [3.05, 3.63) is 35.4 Å². The fraction of sp³-hybridized carbons (Fsp3) is 0.429. The van der Waals surface area contributed by atoms with Gasteiger partial charge in [0.05, 0.1) is 0 Å². The number of carboxylic acids is 1. The number of aryl methyl sites for hydroxylation is 1. The van der Waals surface area contributed by atoms with E-state index in [0.29, 0.717) is 6.54 Å². The molecule has 0 aliphatic rings. The lowest BCUT2D eigenvalue weighted by Crippen LogP contribution is -2.46. The van der Waals surface area contributed by atoms with Crippen molar-refractivity contribution in [3.63, 3.8) is 0 Å². The standard InChI is InChI=1S/C14H20N2O4/c1-2-10-5-3-4-6-11(10)9-15-14(20)16-12(7-8-17)13(18)19/h3-6,12,17H,2,7-9H2,1H3,(H,18,19)(H2,15,16,20)/t12-/m0/s1. The largest absolute Gasteiger partial charge is 0.480 e. The van der Waals surface area contributed by atoms with Gasteiger partial charge in [-0.05, 0) is 17.5 Å². The Bertz CT molecular complexity index is 462. The third kappa shape index (κ3) is 4.89. The van der Waals surface area contributed by atoms with Crippen LogP contribution in [0.15, 0.2) is 24.3 Å². The third-order valence-electron chi connectivity index (χ3n) is 2.96. The topological polar surface area (TPSA) is 98.7 Å². The lowest BCUT2D eigenvalue weighted by Gasteiger charge is -2.15. The Morgan fingerprint density at radius 2 is 1.90 bits per heavy atom. The molecule has 1 atom stereocenters. The molecule has 0 saturated carbocycles. The highest BCUT2D eigenvalue weighted by Gasteiger charge is 2.18. The number of hydrogen-bond acceptors (Lipinski definition) is 3. The molecule has 0 spiro atoms. The summed E-state index contributed by atoms with van der Waals surface area (Å²) in [6.45, 7) is 2.07. The molecular weight excluding hydrogens is 260 g/mol. The quantitative estimate of drug-likeness (QED) is 0.596. The van der Waals surface area contributed by atoms with E-state index in [1.54, 1.807) is 0 Å². The predicted molar refractivity (Wildman–Crippen MR) is 74.3 cm³/mol. The number of aliphatic carboxylic acids is 1. The molecule has 0 radical (unpaired) electrons. The molecule has 0 aromatic heterocycles. The highest BCUT2D eigenvalue weighted by molar-refractivity contribution is 5.82. The molecule has 0 heterocycles. The van der Waals surface area contributed by atoms with E-state index in [-0.39, 0.29) is 13.0 Å². The van der Waals surface area contributed by atoms with Crippen LogP contribution in [-0.2, 0) is 17.8 Å². The van der Waals surface area contributed by atoms with Crippen LogP contribution in [0.25, 0.3) is 0 Å². The van der Waals surface area contributed by atoms with Gasteiger partial charge in [-0.2, -0.15) is 0 Å². The van der Waals surface area contributed by atoms with E-state index in [1.807, 2.05) is 31.2 Å². The van der Waals surface area contributed by atoms with E-state index >= 15 is 0 Å². The number of hydrogen-bond donors (Lipinski definition) is 4. The fourth-order valence-corrected chi connectivity index (χ4v) is 1.85. The third-order valence-corrected chi connectivity index (χ3v) is 2.96. The van der Waals surface area contributed by atoms with Gasteiger partial charge in [-0.25, -0.2) is 9.59 Å². The van der Waals surface area contributed by atoms with Crippen LogP contribution in [0.1, 0.15) is 24.5 Å². The number of urea groups is 1. The summed E-state index contributed by atoms with van der Waals surface area (Å²) in [6, 6.07) is 6.09. The Kier molecular flexibility index (Phi) is 6.52. The van der Waals surface area contributed by atoms with E-state index in [0.717, 1.165) is 17.5 Å². The van der Waals surface area contributed by atoms with Crippen LogP contribution in [0.5, 0.6) is 0 Å². The lowest BCUT2D eigenvalue weighted by atomic mass is 10.1. The molecule has 6 heteroatoms. The van der Waals surface area contributed by atoms with Crippen molar-refractivity contribution in [2.24, 2.45) is 0 Å². The van der Waals surface area contributed by atoms with Crippen molar-refractivity contribution in [2.45, 2.75) is 32.4 Å². The fourth-order valence-electron chi connectivity index (χ4n) is 1.85. The molecule has 0 bridgehead atoms. The highest BCUT2D eigenvalue weighted by atomic mass is 16.4. The molecule has 2 amide bonds. The molecule has 0 fully saturated rings. The normalized spacial score (nSPS) is 11.7. The van der Waals surface area contributed by atoms with Gasteiger partial charge in [-0.15, -0.1) is 0 Å². The first kappa shape index (κ1) is 16.0. The molecular formula is C14H20N2O4. The predicted octanol–water partition coefficient (Wildman–Crippen LogP) is 0.884. The number of amides is 2. The van der Waals surface area contributed by atoms with Crippen LogP contribution >= 0.6 is 0 Å². The minimum Gasteiger partial charge on any atom is -0.480 e. The van der Waals surface area contributed by atoms with Crippen molar-refractivity contribution in [1.82, 2.24) is 10.6 Å². The summed E-state index contributed by atoms with van der Waals surface area (Å²) in [5.41, 5.74) is 2.14. The Hall–Kier alpha value is -2.08. The Balaban J connectivity index is 2.52. The zero-order valence-corrected chi connectivity index (χ0v) is 11.4. The molecule has 1 aromatic carbocycles. The van der Waals surface area contributed by atoms with E-state index in [4.69, 9.17) is 10.2 Å². The summed E-state index contributed by atoms with van der Waals surface area (Å²) < 4.78 is 0. The first-order valence-corrected chi connectivity index (χ1v) is 6.53. The number of carbonyl (C=O) groups is 2. The molecule has 0 aliphatic heterocycles. The SMILES string of the molecule is CCc1ccccc1CNC(=O)N[C@@H](CCO)C(=O)O. The van der Waals surface area contributed by atoms with Crippen LogP contribution in [0.4, 0.5) is 4.79 Å². The maximum atomic E-state index is 11.6. The van der Waals surface area contributed by atoms with Gasteiger partial charge >= 0.3 is 12.0 Å². The van der Waals surface area contributed by atoms with Crippen molar-refractivity contribution in [1.29, 1.82) is 0 Å². The molecule has 0 unspecified atom stereocenters. The second-order valence-electron chi connectivity index (χ2n) is 4.35. The Labute approximate surface area is 117 Å². The van der Waals surface area contributed by atoms with Gasteiger partial charge in [-0.3, -0.25) is 0 Å².